The first-order valence-corrected chi connectivity index (χ1v) is 8.93. The maximum absolute atomic E-state index is 12.4. The van der Waals surface area contributed by atoms with Crippen molar-refractivity contribution in [1.29, 1.82) is 0 Å². The Morgan fingerprint density at radius 3 is 1.96 bits per heavy atom. The Bertz CT molecular complexity index is 1000. The molecule has 2 aromatic carbocycles. The lowest BCUT2D eigenvalue weighted by Gasteiger charge is -2.12. The second-order valence-electron chi connectivity index (χ2n) is 6.78. The van der Waals surface area contributed by atoms with Gasteiger partial charge in [-0.05, 0) is 63.1 Å². The number of hydrogen-bond donors (Lipinski definition) is 2. The fraction of sp³-hybridized carbons (Fsp3) is 0.182. The van der Waals surface area contributed by atoms with Gasteiger partial charge in [0, 0.05) is 29.3 Å². The van der Waals surface area contributed by atoms with Crippen LogP contribution in [0.2, 0.25) is 0 Å². The van der Waals surface area contributed by atoms with E-state index in [1.165, 1.54) is 24.9 Å². The number of benzene rings is 2. The van der Waals surface area contributed by atoms with Gasteiger partial charge in [-0.15, -0.1) is 0 Å². The summed E-state index contributed by atoms with van der Waals surface area (Å²) >= 11 is 0. The van der Waals surface area contributed by atoms with E-state index in [2.05, 4.69) is 39.7 Å². The Hall–Kier alpha value is -3.54. The maximum Gasteiger partial charge on any atom is 0.258 e. The van der Waals surface area contributed by atoms with E-state index in [0.29, 0.717) is 22.8 Å². The molecule has 3 rings (SSSR count). The maximum atomic E-state index is 12.4. The second kappa shape index (κ2) is 8.00. The zero-order valence-corrected chi connectivity index (χ0v) is 16.3. The Labute approximate surface area is 164 Å². The highest BCUT2D eigenvalue weighted by molar-refractivity contribution is 6.04. The van der Waals surface area contributed by atoms with E-state index in [-0.39, 0.29) is 11.7 Å². The van der Waals surface area contributed by atoms with Crippen molar-refractivity contribution in [2.24, 2.45) is 0 Å². The average Bonchev–Trinajstić information content (AvgIpc) is 2.65. The summed E-state index contributed by atoms with van der Waals surface area (Å²) in [5, 5.41) is 5.98. The number of Topliss-reactive ketones (excluding diaryl/α,β-unsaturated/α-hetero) is 1. The number of aromatic nitrogens is 2. The largest absolute Gasteiger partial charge is 0.324 e. The molecule has 142 valence electrons. The van der Waals surface area contributed by atoms with Gasteiger partial charge in [0.15, 0.2) is 5.78 Å². The number of carbonyl (C=O) groups is 2. The predicted molar refractivity (Wildman–Crippen MR) is 110 cm³/mol. The average molecular weight is 374 g/mol. The number of aryl methyl sites for hydroxylation is 3. The molecular weight excluding hydrogens is 352 g/mol. The van der Waals surface area contributed by atoms with Crippen LogP contribution in [0.15, 0.2) is 48.8 Å². The molecule has 0 aliphatic carbocycles. The summed E-state index contributed by atoms with van der Waals surface area (Å²) in [6, 6.07) is 10.9. The molecule has 2 N–H and O–H groups in total. The minimum absolute atomic E-state index is 0.0200. The summed E-state index contributed by atoms with van der Waals surface area (Å²) in [5.74, 6) is 0.0932. The van der Waals surface area contributed by atoms with Gasteiger partial charge in [-0.1, -0.05) is 17.7 Å². The lowest BCUT2D eigenvalue weighted by atomic mass is 10.1. The van der Waals surface area contributed by atoms with Gasteiger partial charge in [-0.2, -0.15) is 0 Å². The van der Waals surface area contributed by atoms with E-state index < -0.39 is 0 Å². The van der Waals surface area contributed by atoms with Crippen molar-refractivity contribution in [3.8, 4) is 0 Å². The van der Waals surface area contributed by atoms with E-state index in [0.717, 1.165) is 16.8 Å². The van der Waals surface area contributed by atoms with Gasteiger partial charge in [0.05, 0.1) is 5.56 Å². The quantitative estimate of drug-likeness (QED) is 0.638. The number of ketones is 1. The highest BCUT2D eigenvalue weighted by Gasteiger charge is 2.10. The minimum Gasteiger partial charge on any atom is -0.324 e. The molecule has 0 spiro atoms. The van der Waals surface area contributed by atoms with Crippen LogP contribution in [0.4, 0.5) is 17.3 Å². The fourth-order valence-corrected chi connectivity index (χ4v) is 2.99. The Morgan fingerprint density at radius 1 is 0.857 bits per heavy atom. The van der Waals surface area contributed by atoms with Crippen molar-refractivity contribution in [1.82, 2.24) is 9.97 Å². The van der Waals surface area contributed by atoms with Gasteiger partial charge in [0.2, 0.25) is 5.95 Å². The first-order chi connectivity index (χ1) is 13.3. The summed E-state index contributed by atoms with van der Waals surface area (Å²) in [5.41, 5.74) is 5.92. The van der Waals surface area contributed by atoms with E-state index in [1.54, 1.807) is 24.3 Å². The number of carbonyl (C=O) groups excluding carboxylic acids is 2. The van der Waals surface area contributed by atoms with Gasteiger partial charge in [0.1, 0.15) is 0 Å². The van der Waals surface area contributed by atoms with Crippen LogP contribution in [0, 0.1) is 20.8 Å². The van der Waals surface area contributed by atoms with Crippen molar-refractivity contribution in [2.45, 2.75) is 27.7 Å². The normalized spacial score (nSPS) is 10.4. The smallest absolute Gasteiger partial charge is 0.258 e. The zero-order chi connectivity index (χ0) is 20.3. The van der Waals surface area contributed by atoms with Crippen molar-refractivity contribution in [3.63, 3.8) is 0 Å². The first kappa shape index (κ1) is 19.2. The van der Waals surface area contributed by atoms with Gasteiger partial charge < -0.3 is 10.6 Å². The Morgan fingerprint density at radius 2 is 1.43 bits per heavy atom. The lowest BCUT2D eigenvalue weighted by molar-refractivity contribution is 0.101. The molecule has 0 saturated carbocycles. The summed E-state index contributed by atoms with van der Waals surface area (Å²) in [6.45, 7) is 7.62. The van der Waals surface area contributed by atoms with Crippen LogP contribution in [0.5, 0.6) is 0 Å². The monoisotopic (exact) mass is 374 g/mol. The van der Waals surface area contributed by atoms with Crippen LogP contribution >= 0.6 is 0 Å². The van der Waals surface area contributed by atoms with Crippen LogP contribution in [0.3, 0.4) is 0 Å². The van der Waals surface area contributed by atoms with Crippen molar-refractivity contribution < 1.29 is 9.59 Å². The second-order valence-corrected chi connectivity index (χ2v) is 6.78. The molecule has 6 heteroatoms. The van der Waals surface area contributed by atoms with Crippen molar-refractivity contribution in [2.75, 3.05) is 10.6 Å². The third-order valence-electron chi connectivity index (χ3n) is 4.38. The fourth-order valence-electron chi connectivity index (χ4n) is 2.99. The third kappa shape index (κ3) is 4.40. The summed E-state index contributed by atoms with van der Waals surface area (Å²) in [6.07, 6.45) is 2.96. The summed E-state index contributed by atoms with van der Waals surface area (Å²) < 4.78 is 0. The Kier molecular flexibility index (Phi) is 5.49. The Balaban J connectivity index is 1.70. The number of anilines is 3. The molecule has 6 nitrogen and oxygen atoms in total. The molecule has 0 fully saturated rings. The molecule has 0 radical (unpaired) electrons. The number of rotatable bonds is 5. The van der Waals surface area contributed by atoms with Gasteiger partial charge in [0.25, 0.3) is 5.91 Å². The molecule has 1 amide bonds. The van der Waals surface area contributed by atoms with E-state index >= 15 is 0 Å². The molecule has 0 aliphatic heterocycles. The zero-order valence-electron chi connectivity index (χ0n) is 16.3. The molecule has 1 heterocycles. The molecule has 28 heavy (non-hydrogen) atoms. The minimum atomic E-state index is -0.315. The molecule has 0 atom stereocenters. The topological polar surface area (TPSA) is 84.0 Å². The van der Waals surface area contributed by atoms with Crippen molar-refractivity contribution >= 4 is 29.0 Å². The van der Waals surface area contributed by atoms with Crippen LogP contribution in [0.25, 0.3) is 0 Å². The van der Waals surface area contributed by atoms with Crippen LogP contribution in [0.1, 0.15) is 44.3 Å². The van der Waals surface area contributed by atoms with Crippen LogP contribution in [-0.4, -0.2) is 21.7 Å². The summed E-state index contributed by atoms with van der Waals surface area (Å²) in [7, 11) is 0. The summed E-state index contributed by atoms with van der Waals surface area (Å²) in [4.78, 5) is 32.2. The highest BCUT2D eigenvalue weighted by atomic mass is 16.1. The van der Waals surface area contributed by atoms with E-state index in [9.17, 15) is 9.59 Å². The number of hydrogen-bond acceptors (Lipinski definition) is 5. The first-order valence-electron chi connectivity index (χ1n) is 8.93. The number of nitrogens with zero attached hydrogens (tertiary/aromatic N) is 2. The number of nitrogens with one attached hydrogen (secondary N) is 2. The molecular formula is C22H22N4O2. The molecule has 0 saturated heterocycles. The molecule has 0 unspecified atom stereocenters. The van der Waals surface area contributed by atoms with Gasteiger partial charge in [-0.25, -0.2) is 9.97 Å². The highest BCUT2D eigenvalue weighted by Crippen LogP contribution is 2.24. The SMILES string of the molecule is CC(=O)c1ccc(NC(=O)c2cnc(Nc3c(C)cc(C)cc3C)nc2)cc1. The van der Waals surface area contributed by atoms with E-state index in [1.807, 2.05) is 13.8 Å². The van der Waals surface area contributed by atoms with Gasteiger partial charge >= 0.3 is 0 Å². The molecule has 3 aromatic rings. The molecule has 0 bridgehead atoms. The standard InChI is InChI=1S/C22H22N4O2/c1-13-9-14(2)20(15(3)10-13)26-22-23-11-18(12-24-22)21(28)25-19-7-5-17(6-8-19)16(4)27/h5-12H,1-4H3,(H,25,28)(H,23,24,26). The third-order valence-corrected chi connectivity index (χ3v) is 4.38. The van der Waals surface area contributed by atoms with E-state index in [4.69, 9.17) is 0 Å². The van der Waals surface area contributed by atoms with Crippen molar-refractivity contribution in [3.05, 3.63) is 76.6 Å². The molecule has 1 aromatic heterocycles. The number of amides is 1. The van der Waals surface area contributed by atoms with Crippen LogP contribution < -0.4 is 10.6 Å². The van der Waals surface area contributed by atoms with Gasteiger partial charge in [-0.3, -0.25) is 9.59 Å². The lowest BCUT2D eigenvalue weighted by Crippen LogP contribution is -2.13. The predicted octanol–water partition coefficient (Wildman–Crippen LogP) is 4.60. The molecule has 0 aliphatic rings. The van der Waals surface area contributed by atoms with Crippen LogP contribution in [-0.2, 0) is 0 Å².